The Labute approximate surface area is 125 Å². The van der Waals surface area contributed by atoms with Crippen molar-refractivity contribution in [3.63, 3.8) is 0 Å². The third-order valence-corrected chi connectivity index (χ3v) is 3.19. The molecule has 21 heavy (non-hydrogen) atoms. The number of nitrogens with one attached hydrogen (secondary N) is 1. The van der Waals surface area contributed by atoms with Crippen LogP contribution < -0.4 is 5.32 Å². The first-order chi connectivity index (χ1) is 10.2. The van der Waals surface area contributed by atoms with Crippen LogP contribution in [0, 0.1) is 0 Å². The molecule has 0 saturated carbocycles. The van der Waals surface area contributed by atoms with E-state index >= 15 is 0 Å². The van der Waals surface area contributed by atoms with Crippen LogP contribution in [0.2, 0.25) is 0 Å². The number of rotatable bonds is 6. The van der Waals surface area contributed by atoms with Crippen LogP contribution in [0.3, 0.4) is 0 Å². The Morgan fingerprint density at radius 1 is 1.24 bits per heavy atom. The van der Waals surface area contributed by atoms with Gasteiger partial charge in [0.2, 0.25) is 5.91 Å². The van der Waals surface area contributed by atoms with Gasteiger partial charge in [-0.25, -0.2) is 0 Å². The van der Waals surface area contributed by atoms with Gasteiger partial charge in [-0.2, -0.15) is 0 Å². The average Bonchev–Trinajstić information content (AvgIpc) is 3.00. The van der Waals surface area contributed by atoms with Gasteiger partial charge in [-0.1, -0.05) is 30.3 Å². The molecule has 0 bridgehead atoms. The van der Waals surface area contributed by atoms with Gasteiger partial charge in [0.1, 0.15) is 5.76 Å². The van der Waals surface area contributed by atoms with Crippen LogP contribution in [0.15, 0.2) is 59.2 Å². The van der Waals surface area contributed by atoms with Crippen molar-refractivity contribution in [2.24, 2.45) is 0 Å². The number of furan rings is 1. The number of carbonyl (C=O) groups is 1. The van der Waals surface area contributed by atoms with Gasteiger partial charge in [-0.15, -0.1) is 0 Å². The summed E-state index contributed by atoms with van der Waals surface area (Å²) in [5.74, 6) is 0.726. The Kier molecular flexibility index (Phi) is 5.35. The second-order valence-electron chi connectivity index (χ2n) is 4.98. The summed E-state index contributed by atoms with van der Waals surface area (Å²) >= 11 is 0. The van der Waals surface area contributed by atoms with Gasteiger partial charge < -0.3 is 9.73 Å². The van der Waals surface area contributed by atoms with E-state index in [0.717, 1.165) is 11.3 Å². The summed E-state index contributed by atoms with van der Waals surface area (Å²) in [7, 11) is 3.91. The first-order valence-electron chi connectivity index (χ1n) is 6.87. The van der Waals surface area contributed by atoms with E-state index in [4.69, 9.17) is 4.42 Å². The molecule has 0 radical (unpaired) electrons. The zero-order chi connectivity index (χ0) is 15.1. The molecule has 0 aliphatic rings. The van der Waals surface area contributed by atoms with E-state index in [1.807, 2.05) is 61.5 Å². The number of likely N-dealkylation sites (N-methyl/N-ethyl adjacent to an activating group) is 1. The fraction of sp³-hybridized carbons (Fsp3) is 0.235. The number of hydrogen-bond donors (Lipinski definition) is 1. The Balaban J connectivity index is 1.89. The van der Waals surface area contributed by atoms with Gasteiger partial charge >= 0.3 is 0 Å². The minimum Gasteiger partial charge on any atom is -0.468 e. The van der Waals surface area contributed by atoms with Crippen LogP contribution in [0.25, 0.3) is 6.08 Å². The molecular formula is C17H20N2O2. The van der Waals surface area contributed by atoms with E-state index in [9.17, 15) is 4.79 Å². The maximum Gasteiger partial charge on any atom is 0.244 e. The normalized spacial score (nSPS) is 12.7. The lowest BCUT2D eigenvalue weighted by atomic mass is 10.2. The zero-order valence-corrected chi connectivity index (χ0v) is 12.3. The van der Waals surface area contributed by atoms with Crippen molar-refractivity contribution in [2.75, 3.05) is 20.6 Å². The minimum atomic E-state index is -0.114. The van der Waals surface area contributed by atoms with Gasteiger partial charge in [-0.3, -0.25) is 9.69 Å². The maximum absolute atomic E-state index is 11.9. The first kappa shape index (κ1) is 15.1. The van der Waals surface area contributed by atoms with Gasteiger partial charge in [0.05, 0.1) is 12.3 Å². The Bertz CT molecular complexity index is 574. The van der Waals surface area contributed by atoms with Gasteiger partial charge in [-0.05, 0) is 37.9 Å². The Morgan fingerprint density at radius 2 is 2.00 bits per heavy atom. The van der Waals surface area contributed by atoms with Gasteiger partial charge in [0.25, 0.3) is 0 Å². The SMILES string of the molecule is CN(C)C(CNC(=O)/C=C/c1ccccc1)c1ccco1. The summed E-state index contributed by atoms with van der Waals surface area (Å²) in [5.41, 5.74) is 1.00. The summed E-state index contributed by atoms with van der Waals surface area (Å²) in [6.45, 7) is 0.498. The number of amides is 1. The molecule has 2 aromatic rings. The summed E-state index contributed by atoms with van der Waals surface area (Å²) in [6.07, 6.45) is 4.99. The van der Waals surface area contributed by atoms with Crippen molar-refractivity contribution < 1.29 is 9.21 Å². The fourth-order valence-electron chi connectivity index (χ4n) is 2.01. The van der Waals surface area contributed by atoms with Crippen LogP contribution in [-0.2, 0) is 4.79 Å². The van der Waals surface area contributed by atoms with Crippen LogP contribution in [0.5, 0.6) is 0 Å². The molecule has 4 nitrogen and oxygen atoms in total. The number of benzene rings is 1. The van der Waals surface area contributed by atoms with E-state index in [-0.39, 0.29) is 11.9 Å². The van der Waals surface area contributed by atoms with Crippen LogP contribution in [0.4, 0.5) is 0 Å². The van der Waals surface area contributed by atoms with Crippen molar-refractivity contribution in [2.45, 2.75) is 6.04 Å². The molecule has 1 unspecified atom stereocenters. The molecule has 1 aromatic carbocycles. The van der Waals surface area contributed by atoms with Crippen molar-refractivity contribution in [1.29, 1.82) is 0 Å². The van der Waals surface area contributed by atoms with Crippen molar-refractivity contribution in [1.82, 2.24) is 10.2 Å². The number of carbonyl (C=O) groups excluding carboxylic acids is 1. The standard InChI is InChI=1S/C17H20N2O2/c1-19(2)15(16-9-6-12-21-16)13-18-17(20)11-10-14-7-4-3-5-8-14/h3-12,15H,13H2,1-2H3,(H,18,20)/b11-10+. The molecule has 0 saturated heterocycles. The molecule has 110 valence electrons. The molecule has 0 aliphatic heterocycles. The Hall–Kier alpha value is -2.33. The second kappa shape index (κ2) is 7.45. The molecule has 0 aliphatic carbocycles. The van der Waals surface area contributed by atoms with E-state index in [1.54, 1.807) is 18.4 Å². The lowest BCUT2D eigenvalue weighted by molar-refractivity contribution is -0.116. The fourth-order valence-corrected chi connectivity index (χ4v) is 2.01. The van der Waals surface area contributed by atoms with Crippen LogP contribution in [0.1, 0.15) is 17.4 Å². The highest BCUT2D eigenvalue weighted by atomic mass is 16.3. The molecule has 0 fully saturated rings. The maximum atomic E-state index is 11.9. The van der Waals surface area contributed by atoms with Crippen LogP contribution in [-0.4, -0.2) is 31.4 Å². The monoisotopic (exact) mass is 284 g/mol. The molecule has 1 aromatic heterocycles. The van der Waals surface area contributed by atoms with Crippen molar-refractivity contribution in [3.05, 3.63) is 66.1 Å². The minimum absolute atomic E-state index is 0.0223. The summed E-state index contributed by atoms with van der Waals surface area (Å²) in [4.78, 5) is 13.9. The highest BCUT2D eigenvalue weighted by molar-refractivity contribution is 5.91. The lowest BCUT2D eigenvalue weighted by Crippen LogP contribution is -2.33. The summed E-state index contributed by atoms with van der Waals surface area (Å²) in [5, 5.41) is 2.90. The number of hydrogen-bond acceptors (Lipinski definition) is 3. The molecule has 2 rings (SSSR count). The summed E-state index contributed by atoms with van der Waals surface area (Å²) in [6, 6.07) is 13.5. The molecule has 0 spiro atoms. The molecule has 4 heteroatoms. The Morgan fingerprint density at radius 3 is 2.62 bits per heavy atom. The van der Waals surface area contributed by atoms with E-state index in [2.05, 4.69) is 5.32 Å². The molecule has 1 atom stereocenters. The first-order valence-corrected chi connectivity index (χ1v) is 6.87. The van der Waals surface area contributed by atoms with E-state index in [1.165, 1.54) is 0 Å². The van der Waals surface area contributed by atoms with Crippen molar-refractivity contribution in [3.8, 4) is 0 Å². The smallest absolute Gasteiger partial charge is 0.244 e. The summed E-state index contributed by atoms with van der Waals surface area (Å²) < 4.78 is 5.41. The molecular weight excluding hydrogens is 264 g/mol. The van der Waals surface area contributed by atoms with E-state index in [0.29, 0.717) is 6.54 Å². The number of nitrogens with zero attached hydrogens (tertiary/aromatic N) is 1. The van der Waals surface area contributed by atoms with Crippen molar-refractivity contribution >= 4 is 12.0 Å². The largest absolute Gasteiger partial charge is 0.468 e. The van der Waals surface area contributed by atoms with Crippen LogP contribution >= 0.6 is 0 Å². The highest BCUT2D eigenvalue weighted by Gasteiger charge is 2.17. The quantitative estimate of drug-likeness (QED) is 0.830. The molecule has 1 amide bonds. The van der Waals surface area contributed by atoms with Gasteiger partial charge in [0.15, 0.2) is 0 Å². The average molecular weight is 284 g/mol. The third kappa shape index (κ3) is 4.61. The van der Waals surface area contributed by atoms with Gasteiger partial charge in [0, 0.05) is 12.6 Å². The predicted molar refractivity (Wildman–Crippen MR) is 83.6 cm³/mol. The topological polar surface area (TPSA) is 45.5 Å². The van der Waals surface area contributed by atoms with E-state index < -0.39 is 0 Å². The third-order valence-electron chi connectivity index (χ3n) is 3.19. The predicted octanol–water partition coefficient (Wildman–Crippen LogP) is 2.71. The lowest BCUT2D eigenvalue weighted by Gasteiger charge is -2.22. The molecule has 1 N–H and O–H groups in total. The zero-order valence-electron chi connectivity index (χ0n) is 12.3. The second-order valence-corrected chi connectivity index (χ2v) is 4.98. The molecule has 1 heterocycles. The highest BCUT2D eigenvalue weighted by Crippen LogP contribution is 2.17.